The molecule has 17 heavy (non-hydrogen) atoms. The molecule has 2 rings (SSSR count). The summed E-state index contributed by atoms with van der Waals surface area (Å²) in [5.41, 5.74) is 0. The molecule has 0 aromatic carbocycles. The van der Waals surface area contributed by atoms with Gasteiger partial charge in [0.1, 0.15) is 6.10 Å². The molecule has 0 saturated carbocycles. The molecule has 1 aromatic rings. The molecule has 1 aliphatic heterocycles. The van der Waals surface area contributed by atoms with E-state index in [4.69, 9.17) is 14.2 Å². The molecular formula is C10H16N4O3. The lowest BCUT2D eigenvalue weighted by atomic mass is 10.1. The third-order valence-corrected chi connectivity index (χ3v) is 2.50. The normalized spacial score (nSPS) is 16.6. The van der Waals surface area contributed by atoms with Gasteiger partial charge in [-0.25, -0.2) is 0 Å². The average molecular weight is 240 g/mol. The molecule has 94 valence electrons. The van der Waals surface area contributed by atoms with E-state index < -0.39 is 0 Å². The minimum atomic E-state index is 0.132. The van der Waals surface area contributed by atoms with Crippen LogP contribution in [0.2, 0.25) is 0 Å². The van der Waals surface area contributed by atoms with Crippen LogP contribution in [0.4, 0.5) is 0 Å². The summed E-state index contributed by atoms with van der Waals surface area (Å²) in [7, 11) is 2.98. The summed E-state index contributed by atoms with van der Waals surface area (Å²) in [5.74, 6) is 0. The van der Waals surface area contributed by atoms with Crippen LogP contribution in [0.15, 0.2) is 0 Å². The van der Waals surface area contributed by atoms with Crippen LogP contribution in [0.25, 0.3) is 0 Å². The van der Waals surface area contributed by atoms with Gasteiger partial charge in [-0.3, -0.25) is 0 Å². The average Bonchev–Trinajstić information content (AvgIpc) is 2.39. The van der Waals surface area contributed by atoms with Crippen molar-refractivity contribution in [3.8, 4) is 18.0 Å². The summed E-state index contributed by atoms with van der Waals surface area (Å²) in [6.45, 7) is 1.90. The van der Waals surface area contributed by atoms with E-state index in [9.17, 15) is 0 Å². The summed E-state index contributed by atoms with van der Waals surface area (Å²) >= 11 is 0. The van der Waals surface area contributed by atoms with Crippen LogP contribution in [0, 0.1) is 0 Å². The Hall–Kier alpha value is -1.63. The van der Waals surface area contributed by atoms with Crippen LogP contribution in [-0.4, -0.2) is 48.4 Å². The molecule has 0 spiro atoms. The van der Waals surface area contributed by atoms with Crippen LogP contribution in [0.3, 0.4) is 0 Å². The second kappa shape index (κ2) is 5.62. The maximum Gasteiger partial charge on any atom is 0.326 e. The predicted molar refractivity (Wildman–Crippen MR) is 59.5 cm³/mol. The molecule has 0 bridgehead atoms. The predicted octanol–water partition coefficient (Wildman–Crippen LogP) is 0.0196. The Labute approximate surface area is 99.5 Å². The minimum absolute atomic E-state index is 0.132. The van der Waals surface area contributed by atoms with E-state index in [1.165, 1.54) is 14.2 Å². The Balaban J connectivity index is 2.07. The number of ether oxygens (including phenoxy) is 3. The van der Waals surface area contributed by atoms with Crippen molar-refractivity contribution in [2.24, 2.45) is 0 Å². The van der Waals surface area contributed by atoms with E-state index in [0.717, 1.165) is 25.9 Å². The monoisotopic (exact) mass is 240 g/mol. The van der Waals surface area contributed by atoms with Crippen LogP contribution in [0.5, 0.6) is 18.0 Å². The van der Waals surface area contributed by atoms with Crippen molar-refractivity contribution >= 4 is 0 Å². The van der Waals surface area contributed by atoms with Gasteiger partial charge >= 0.3 is 18.0 Å². The zero-order valence-corrected chi connectivity index (χ0v) is 9.97. The highest BCUT2D eigenvalue weighted by atomic mass is 16.5. The molecule has 1 aliphatic rings. The molecule has 1 saturated heterocycles. The first-order valence-corrected chi connectivity index (χ1v) is 5.53. The van der Waals surface area contributed by atoms with Gasteiger partial charge in [0, 0.05) is 0 Å². The standard InChI is InChI=1S/C10H16N4O3/c1-15-8-12-9(16-2)14-10(13-8)17-7-3-5-11-6-4-7/h7,11H,3-6H2,1-2H3. The number of piperidine rings is 1. The molecular weight excluding hydrogens is 224 g/mol. The summed E-state index contributed by atoms with van der Waals surface area (Å²) in [6.07, 6.45) is 2.01. The summed E-state index contributed by atoms with van der Waals surface area (Å²) in [4.78, 5) is 12.0. The van der Waals surface area contributed by atoms with E-state index in [2.05, 4.69) is 20.3 Å². The quantitative estimate of drug-likeness (QED) is 0.794. The zero-order chi connectivity index (χ0) is 12.1. The molecule has 1 aromatic heterocycles. The molecule has 7 nitrogen and oxygen atoms in total. The fourth-order valence-corrected chi connectivity index (χ4v) is 1.62. The lowest BCUT2D eigenvalue weighted by molar-refractivity contribution is 0.144. The van der Waals surface area contributed by atoms with Gasteiger partial charge in [-0.1, -0.05) is 0 Å². The van der Waals surface area contributed by atoms with E-state index in [1.807, 2.05) is 0 Å². The first-order valence-electron chi connectivity index (χ1n) is 5.53. The SMILES string of the molecule is COc1nc(OC)nc(OC2CCNCC2)n1. The van der Waals surface area contributed by atoms with Crippen LogP contribution in [-0.2, 0) is 0 Å². The largest absolute Gasteiger partial charge is 0.467 e. The molecule has 0 amide bonds. The van der Waals surface area contributed by atoms with Gasteiger partial charge < -0.3 is 19.5 Å². The highest BCUT2D eigenvalue weighted by Gasteiger charge is 2.17. The topological polar surface area (TPSA) is 78.4 Å². The van der Waals surface area contributed by atoms with Crippen LogP contribution < -0.4 is 19.5 Å². The molecule has 1 fully saturated rings. The van der Waals surface area contributed by atoms with Crippen molar-refractivity contribution in [3.05, 3.63) is 0 Å². The van der Waals surface area contributed by atoms with Gasteiger partial charge in [0.25, 0.3) is 0 Å². The van der Waals surface area contributed by atoms with Crippen molar-refractivity contribution in [1.82, 2.24) is 20.3 Å². The van der Waals surface area contributed by atoms with E-state index in [1.54, 1.807) is 0 Å². The van der Waals surface area contributed by atoms with Crippen LogP contribution in [0.1, 0.15) is 12.8 Å². The van der Waals surface area contributed by atoms with Gasteiger partial charge in [0.2, 0.25) is 0 Å². The summed E-state index contributed by atoms with van der Waals surface area (Å²) < 4.78 is 15.6. The van der Waals surface area contributed by atoms with E-state index in [0.29, 0.717) is 0 Å². The molecule has 7 heteroatoms. The van der Waals surface area contributed by atoms with Gasteiger partial charge in [-0.05, 0) is 25.9 Å². The summed E-state index contributed by atoms with van der Waals surface area (Å²) in [6, 6.07) is 0.641. The summed E-state index contributed by atoms with van der Waals surface area (Å²) in [5, 5.41) is 3.26. The Morgan fingerprint density at radius 2 is 1.47 bits per heavy atom. The molecule has 0 atom stereocenters. The maximum atomic E-state index is 5.68. The zero-order valence-electron chi connectivity index (χ0n) is 9.97. The van der Waals surface area contributed by atoms with Gasteiger partial charge in [-0.15, -0.1) is 15.0 Å². The fraction of sp³-hybridized carbons (Fsp3) is 0.700. The smallest absolute Gasteiger partial charge is 0.326 e. The lowest BCUT2D eigenvalue weighted by Crippen LogP contribution is -2.34. The first kappa shape index (κ1) is 11.8. The molecule has 0 unspecified atom stereocenters. The van der Waals surface area contributed by atoms with Gasteiger partial charge in [-0.2, -0.15) is 0 Å². The van der Waals surface area contributed by atoms with Crippen molar-refractivity contribution in [3.63, 3.8) is 0 Å². The lowest BCUT2D eigenvalue weighted by Gasteiger charge is -2.22. The third kappa shape index (κ3) is 3.16. The second-order valence-corrected chi connectivity index (χ2v) is 3.66. The second-order valence-electron chi connectivity index (χ2n) is 3.66. The molecule has 0 radical (unpaired) electrons. The molecule has 0 aliphatic carbocycles. The Kier molecular flexibility index (Phi) is 3.92. The number of hydrogen-bond acceptors (Lipinski definition) is 7. The fourth-order valence-electron chi connectivity index (χ4n) is 1.62. The Morgan fingerprint density at radius 3 is 2.00 bits per heavy atom. The number of nitrogens with one attached hydrogen (secondary N) is 1. The van der Waals surface area contributed by atoms with E-state index >= 15 is 0 Å². The van der Waals surface area contributed by atoms with Gasteiger partial charge in [0.15, 0.2) is 0 Å². The number of rotatable bonds is 4. The Bertz CT molecular complexity index is 346. The van der Waals surface area contributed by atoms with Crippen molar-refractivity contribution in [2.75, 3.05) is 27.3 Å². The Morgan fingerprint density at radius 1 is 0.941 bits per heavy atom. The number of methoxy groups -OCH3 is 2. The van der Waals surface area contributed by atoms with Crippen LogP contribution >= 0.6 is 0 Å². The van der Waals surface area contributed by atoms with Crippen molar-refractivity contribution in [1.29, 1.82) is 0 Å². The highest BCUT2D eigenvalue weighted by molar-refractivity contribution is 5.09. The number of nitrogens with zero attached hydrogens (tertiary/aromatic N) is 3. The molecule has 2 heterocycles. The maximum absolute atomic E-state index is 5.68. The highest BCUT2D eigenvalue weighted by Crippen LogP contribution is 2.17. The molecule has 1 N–H and O–H groups in total. The number of hydrogen-bond donors (Lipinski definition) is 1. The minimum Gasteiger partial charge on any atom is -0.467 e. The number of aromatic nitrogens is 3. The van der Waals surface area contributed by atoms with Crippen molar-refractivity contribution in [2.45, 2.75) is 18.9 Å². The van der Waals surface area contributed by atoms with Gasteiger partial charge in [0.05, 0.1) is 14.2 Å². The van der Waals surface area contributed by atoms with E-state index in [-0.39, 0.29) is 24.1 Å². The third-order valence-electron chi connectivity index (χ3n) is 2.50. The van der Waals surface area contributed by atoms with Crippen molar-refractivity contribution < 1.29 is 14.2 Å². The first-order chi connectivity index (χ1) is 8.31.